The minimum atomic E-state index is -0.522. The van der Waals surface area contributed by atoms with E-state index >= 15 is 0 Å². The zero-order valence-electron chi connectivity index (χ0n) is 12.0. The number of hydrogen-bond acceptors (Lipinski definition) is 4. The molecule has 2 fully saturated rings. The smallest absolute Gasteiger partial charge is 0.330 e. The van der Waals surface area contributed by atoms with Gasteiger partial charge >= 0.3 is 5.97 Å². The Kier molecular flexibility index (Phi) is 4.32. The highest BCUT2D eigenvalue weighted by molar-refractivity contribution is 8.01. The van der Waals surface area contributed by atoms with Crippen molar-refractivity contribution in [3.8, 4) is 0 Å². The summed E-state index contributed by atoms with van der Waals surface area (Å²) in [7, 11) is 0. The summed E-state index contributed by atoms with van der Waals surface area (Å²) in [6.07, 6.45) is 1.26. The van der Waals surface area contributed by atoms with Gasteiger partial charge < -0.3 is 9.64 Å². The van der Waals surface area contributed by atoms with Crippen LogP contribution in [0, 0.1) is 0 Å². The van der Waals surface area contributed by atoms with E-state index in [1.54, 1.807) is 34.9 Å². The Balaban J connectivity index is 1.69. The summed E-state index contributed by atoms with van der Waals surface area (Å²) >= 11 is 13.8. The van der Waals surface area contributed by atoms with Gasteiger partial charge in [-0.2, -0.15) is 0 Å². The molecule has 1 aromatic carbocycles. The van der Waals surface area contributed by atoms with Crippen LogP contribution in [-0.4, -0.2) is 33.4 Å². The van der Waals surface area contributed by atoms with Gasteiger partial charge in [-0.25, -0.2) is 4.79 Å². The Morgan fingerprint density at radius 1 is 1.45 bits per heavy atom. The molecule has 118 valence electrons. The summed E-state index contributed by atoms with van der Waals surface area (Å²) in [5.74, 6) is 0.185. The molecule has 0 aliphatic carbocycles. The highest BCUT2D eigenvalue weighted by Gasteiger charge is 2.53. The molecule has 7 heteroatoms. The van der Waals surface area contributed by atoms with Crippen molar-refractivity contribution in [1.82, 2.24) is 4.90 Å². The van der Waals surface area contributed by atoms with Crippen molar-refractivity contribution in [2.24, 2.45) is 0 Å². The Labute approximate surface area is 143 Å². The molecule has 2 aliphatic heterocycles. The first-order chi connectivity index (χ1) is 10.4. The molecule has 0 spiro atoms. The van der Waals surface area contributed by atoms with E-state index in [1.165, 1.54) is 0 Å². The summed E-state index contributed by atoms with van der Waals surface area (Å²) in [5.41, 5.74) is 0.584. The number of thioether (sulfide) groups is 1. The van der Waals surface area contributed by atoms with Crippen LogP contribution in [0.4, 0.5) is 0 Å². The van der Waals surface area contributed by atoms with Gasteiger partial charge in [0.25, 0.3) is 0 Å². The number of carbonyl (C=O) groups is 2. The van der Waals surface area contributed by atoms with Gasteiger partial charge in [0.1, 0.15) is 12.6 Å². The normalized spacial score (nSPS) is 27.1. The molecule has 0 saturated carbocycles. The Hall–Kier alpha value is -0.910. The number of ether oxygens (including phenoxy) is 1. The molecule has 0 aromatic heterocycles. The molecule has 3 rings (SSSR count). The molecule has 4 nitrogen and oxygen atoms in total. The zero-order chi connectivity index (χ0) is 15.9. The second kappa shape index (κ2) is 5.95. The third-order valence-corrected chi connectivity index (χ3v) is 6.35. The van der Waals surface area contributed by atoms with Gasteiger partial charge in [-0.05, 0) is 25.5 Å². The maximum absolute atomic E-state index is 12.4. The molecule has 2 atom stereocenters. The molecule has 22 heavy (non-hydrogen) atoms. The van der Waals surface area contributed by atoms with E-state index in [0.717, 1.165) is 6.42 Å². The van der Waals surface area contributed by atoms with Crippen molar-refractivity contribution >= 4 is 46.8 Å². The number of esters is 1. The van der Waals surface area contributed by atoms with E-state index in [2.05, 4.69) is 0 Å². The van der Waals surface area contributed by atoms with Crippen LogP contribution in [-0.2, 0) is 20.9 Å². The van der Waals surface area contributed by atoms with Crippen molar-refractivity contribution in [1.29, 1.82) is 0 Å². The molecular weight excluding hydrogens is 345 g/mol. The number of benzene rings is 1. The van der Waals surface area contributed by atoms with Gasteiger partial charge in [-0.15, -0.1) is 11.8 Å². The quantitative estimate of drug-likeness (QED) is 0.775. The highest BCUT2D eigenvalue weighted by atomic mass is 35.5. The molecular formula is C15H15Cl2NO3S. The number of hydrogen-bond donors (Lipinski definition) is 0. The fraction of sp³-hybridized carbons (Fsp3) is 0.467. The molecule has 0 unspecified atom stereocenters. The minimum absolute atomic E-state index is 0.0112. The van der Waals surface area contributed by atoms with Gasteiger partial charge in [0.15, 0.2) is 0 Å². The number of fused-ring (bicyclic) bond motifs is 1. The average molecular weight is 360 g/mol. The first-order valence-electron chi connectivity index (χ1n) is 6.98. The Morgan fingerprint density at radius 2 is 2.14 bits per heavy atom. The summed E-state index contributed by atoms with van der Waals surface area (Å²) < 4.78 is 5.36. The lowest BCUT2D eigenvalue weighted by molar-refractivity contribution is -0.154. The molecule has 1 aromatic rings. The third kappa shape index (κ3) is 2.70. The van der Waals surface area contributed by atoms with E-state index in [0.29, 0.717) is 27.8 Å². The largest absolute Gasteiger partial charge is 0.459 e. The topological polar surface area (TPSA) is 46.6 Å². The van der Waals surface area contributed by atoms with Gasteiger partial charge in [0.2, 0.25) is 5.91 Å². The molecule has 0 bridgehead atoms. The van der Waals surface area contributed by atoms with E-state index in [9.17, 15) is 9.59 Å². The van der Waals surface area contributed by atoms with Gasteiger partial charge in [-0.3, -0.25) is 4.79 Å². The monoisotopic (exact) mass is 359 g/mol. The fourth-order valence-electron chi connectivity index (χ4n) is 2.90. The minimum Gasteiger partial charge on any atom is -0.459 e. The van der Waals surface area contributed by atoms with Gasteiger partial charge in [0, 0.05) is 27.8 Å². The van der Waals surface area contributed by atoms with Crippen LogP contribution in [0.15, 0.2) is 18.2 Å². The highest BCUT2D eigenvalue weighted by Crippen LogP contribution is 2.47. The summed E-state index contributed by atoms with van der Waals surface area (Å²) in [6, 6.07) is 4.61. The maximum atomic E-state index is 12.4. The number of amides is 1. The van der Waals surface area contributed by atoms with E-state index < -0.39 is 12.0 Å². The van der Waals surface area contributed by atoms with Crippen LogP contribution in [0.5, 0.6) is 0 Å². The van der Waals surface area contributed by atoms with Crippen LogP contribution in [0.25, 0.3) is 0 Å². The second-order valence-electron chi connectivity index (χ2n) is 5.57. The predicted octanol–water partition coefficient (Wildman–Crippen LogP) is 3.49. The summed E-state index contributed by atoms with van der Waals surface area (Å²) in [4.78, 5) is 25.8. The lowest BCUT2D eigenvalue weighted by atomic mass is 10.2. The van der Waals surface area contributed by atoms with Crippen LogP contribution < -0.4 is 0 Å². The fourth-order valence-corrected chi connectivity index (χ4v) is 4.83. The number of halogens is 2. The Bertz CT molecular complexity index is 619. The number of nitrogens with zero attached hydrogens (tertiary/aromatic N) is 1. The second-order valence-corrected chi connectivity index (χ2v) is 7.89. The van der Waals surface area contributed by atoms with Crippen molar-refractivity contribution in [2.75, 3.05) is 5.75 Å². The van der Waals surface area contributed by atoms with Crippen LogP contribution in [0.1, 0.15) is 25.3 Å². The van der Waals surface area contributed by atoms with Crippen molar-refractivity contribution in [2.45, 2.75) is 37.3 Å². The lowest BCUT2D eigenvalue weighted by Gasteiger charge is -2.29. The lowest BCUT2D eigenvalue weighted by Crippen LogP contribution is -2.46. The zero-order valence-corrected chi connectivity index (χ0v) is 14.3. The molecule has 0 radical (unpaired) electrons. The molecule has 2 aliphatic rings. The van der Waals surface area contributed by atoms with Gasteiger partial charge in [0.05, 0.1) is 4.87 Å². The van der Waals surface area contributed by atoms with Crippen LogP contribution in [0.2, 0.25) is 10.0 Å². The number of rotatable bonds is 3. The average Bonchev–Trinajstić information content (AvgIpc) is 2.95. The van der Waals surface area contributed by atoms with Crippen LogP contribution in [0.3, 0.4) is 0 Å². The van der Waals surface area contributed by atoms with E-state index in [4.69, 9.17) is 27.9 Å². The van der Waals surface area contributed by atoms with Crippen LogP contribution >= 0.6 is 35.0 Å². The van der Waals surface area contributed by atoms with Gasteiger partial charge in [-0.1, -0.05) is 29.3 Å². The molecule has 1 amide bonds. The maximum Gasteiger partial charge on any atom is 0.330 e. The van der Waals surface area contributed by atoms with Crippen molar-refractivity contribution < 1.29 is 14.3 Å². The molecule has 0 N–H and O–H groups in total. The molecule has 2 heterocycles. The van der Waals surface area contributed by atoms with Crippen molar-refractivity contribution in [3.05, 3.63) is 33.8 Å². The third-order valence-electron chi connectivity index (χ3n) is 4.14. The Morgan fingerprint density at radius 3 is 2.82 bits per heavy atom. The summed E-state index contributed by atoms with van der Waals surface area (Å²) in [6.45, 7) is 2.01. The standard InChI is InChI=1S/C15H15Cl2NO3S/c1-15-6-5-13(19)18(15)12(8-22-15)14(20)21-7-9-10(16)3-2-4-11(9)17/h2-4,12H,5-8H2,1H3/t12-,15-/m0/s1. The first-order valence-corrected chi connectivity index (χ1v) is 8.72. The predicted molar refractivity (Wildman–Crippen MR) is 87.0 cm³/mol. The number of carbonyl (C=O) groups excluding carboxylic acids is 2. The van der Waals surface area contributed by atoms with E-state index in [-0.39, 0.29) is 17.4 Å². The summed E-state index contributed by atoms with van der Waals surface area (Å²) in [5, 5.41) is 0.923. The van der Waals surface area contributed by atoms with E-state index in [1.807, 2.05) is 6.92 Å². The first kappa shape index (κ1) is 16.0. The molecule has 2 saturated heterocycles. The SMILES string of the molecule is C[C@]12CCC(=O)N1[C@H](C(=O)OCc1c(Cl)cccc1Cl)CS2. The van der Waals surface area contributed by atoms with Crippen molar-refractivity contribution in [3.63, 3.8) is 0 Å².